The Morgan fingerprint density at radius 3 is 2.50 bits per heavy atom. The minimum absolute atomic E-state index is 0.0163. The molecule has 0 saturated carbocycles. The van der Waals surface area contributed by atoms with Crippen LogP contribution in [0, 0.1) is 0 Å². The van der Waals surface area contributed by atoms with E-state index < -0.39 is 28.6 Å². The van der Waals surface area contributed by atoms with Crippen molar-refractivity contribution >= 4 is 45.1 Å². The Balaban J connectivity index is 1.81. The van der Waals surface area contributed by atoms with Crippen LogP contribution in [0.1, 0.15) is 20.7 Å². The van der Waals surface area contributed by atoms with Crippen LogP contribution in [0.2, 0.25) is 10.0 Å². The molecule has 1 aliphatic heterocycles. The molecule has 0 bridgehead atoms. The molecule has 1 aliphatic rings. The highest BCUT2D eigenvalue weighted by Crippen LogP contribution is 2.30. The average molecular weight is 386 g/mol. The molecule has 2 aromatic rings. The Morgan fingerprint density at radius 2 is 1.83 bits per heavy atom. The molecule has 0 aliphatic carbocycles. The maximum atomic E-state index is 12.3. The van der Waals surface area contributed by atoms with Crippen LogP contribution in [0.25, 0.3) is 0 Å². The standard InChI is InChI=1S/C15H9Cl2NO5S/c16-9-5-6-10(12(17)7-9)15(20)23-8-18-14(19)11-3-1-2-4-13(11)24(18,21)22/h1-7H,8H2. The average Bonchev–Trinajstić information content (AvgIpc) is 2.72. The lowest BCUT2D eigenvalue weighted by molar-refractivity contribution is 0.0358. The summed E-state index contributed by atoms with van der Waals surface area (Å²) < 4.78 is 30.1. The highest BCUT2D eigenvalue weighted by atomic mass is 35.5. The van der Waals surface area contributed by atoms with Crippen molar-refractivity contribution in [1.29, 1.82) is 0 Å². The third-order valence-electron chi connectivity index (χ3n) is 3.38. The number of halogens is 2. The summed E-state index contributed by atoms with van der Waals surface area (Å²) >= 11 is 11.6. The van der Waals surface area contributed by atoms with Crippen molar-refractivity contribution in [2.24, 2.45) is 0 Å². The van der Waals surface area contributed by atoms with E-state index >= 15 is 0 Å². The van der Waals surface area contributed by atoms with Crippen LogP contribution in [0.3, 0.4) is 0 Å². The van der Waals surface area contributed by atoms with Gasteiger partial charge in [-0.2, -0.15) is 4.31 Å². The molecule has 24 heavy (non-hydrogen) atoms. The zero-order chi connectivity index (χ0) is 17.5. The minimum Gasteiger partial charge on any atom is -0.439 e. The number of fused-ring (bicyclic) bond motifs is 1. The first kappa shape index (κ1) is 16.8. The summed E-state index contributed by atoms with van der Waals surface area (Å²) in [5.74, 6) is -1.61. The predicted octanol–water partition coefficient (Wildman–Crippen LogP) is 2.95. The SMILES string of the molecule is O=C(OCN1C(=O)c2ccccc2S1(=O)=O)c1ccc(Cl)cc1Cl. The minimum atomic E-state index is -4.04. The Labute approximate surface area is 147 Å². The van der Waals surface area contributed by atoms with Gasteiger partial charge in [0.2, 0.25) is 0 Å². The van der Waals surface area contributed by atoms with Crippen LogP contribution < -0.4 is 0 Å². The number of rotatable bonds is 3. The fourth-order valence-corrected chi connectivity index (χ4v) is 4.12. The van der Waals surface area contributed by atoms with Gasteiger partial charge in [-0.05, 0) is 30.3 Å². The molecule has 2 aromatic carbocycles. The number of carbonyl (C=O) groups excluding carboxylic acids is 2. The summed E-state index contributed by atoms with van der Waals surface area (Å²) in [6.07, 6.45) is 0. The van der Waals surface area contributed by atoms with Crippen LogP contribution in [-0.4, -0.2) is 31.3 Å². The topological polar surface area (TPSA) is 80.8 Å². The van der Waals surface area contributed by atoms with Crippen molar-refractivity contribution in [2.45, 2.75) is 4.90 Å². The van der Waals surface area contributed by atoms with Crippen LogP contribution in [0.15, 0.2) is 47.4 Å². The molecule has 0 N–H and O–H groups in total. The highest BCUT2D eigenvalue weighted by molar-refractivity contribution is 7.90. The summed E-state index contributed by atoms with van der Waals surface area (Å²) in [5.41, 5.74) is 0.0562. The lowest BCUT2D eigenvalue weighted by Crippen LogP contribution is -2.33. The summed E-state index contributed by atoms with van der Waals surface area (Å²) in [4.78, 5) is 24.1. The molecule has 6 nitrogen and oxygen atoms in total. The number of nitrogens with zero attached hydrogens (tertiary/aromatic N) is 1. The van der Waals surface area contributed by atoms with Crippen molar-refractivity contribution in [3.8, 4) is 0 Å². The smallest absolute Gasteiger partial charge is 0.341 e. The summed E-state index contributed by atoms with van der Waals surface area (Å²) in [6, 6.07) is 9.92. The zero-order valence-corrected chi connectivity index (χ0v) is 14.2. The molecular weight excluding hydrogens is 377 g/mol. The number of carbonyl (C=O) groups is 2. The van der Waals surface area contributed by atoms with E-state index in [1.165, 1.54) is 36.4 Å². The molecule has 0 aromatic heterocycles. The van der Waals surface area contributed by atoms with Crippen LogP contribution in [-0.2, 0) is 14.8 Å². The fraction of sp³-hybridized carbons (Fsp3) is 0.0667. The molecule has 1 heterocycles. The Kier molecular flexibility index (Phi) is 4.25. The van der Waals surface area contributed by atoms with Gasteiger partial charge in [-0.1, -0.05) is 35.3 Å². The predicted molar refractivity (Wildman–Crippen MR) is 86.5 cm³/mol. The van der Waals surface area contributed by atoms with Crippen LogP contribution in [0.4, 0.5) is 0 Å². The molecule has 0 spiro atoms. The van der Waals surface area contributed by atoms with Gasteiger partial charge in [0.1, 0.15) is 4.90 Å². The number of benzene rings is 2. The highest BCUT2D eigenvalue weighted by Gasteiger charge is 2.41. The first-order valence-corrected chi connectivity index (χ1v) is 8.80. The quantitative estimate of drug-likeness (QED) is 0.758. The maximum absolute atomic E-state index is 12.3. The van der Waals surface area contributed by atoms with E-state index in [0.29, 0.717) is 9.33 Å². The lowest BCUT2D eigenvalue weighted by atomic mass is 10.2. The third-order valence-corrected chi connectivity index (χ3v) is 5.69. The largest absolute Gasteiger partial charge is 0.439 e. The number of sulfonamides is 1. The van der Waals surface area contributed by atoms with Crippen molar-refractivity contribution in [1.82, 2.24) is 4.31 Å². The summed E-state index contributed by atoms with van der Waals surface area (Å²) in [6.45, 7) is -0.742. The number of hydrogen-bond donors (Lipinski definition) is 0. The second kappa shape index (κ2) is 6.08. The maximum Gasteiger partial charge on any atom is 0.341 e. The monoisotopic (exact) mass is 385 g/mol. The Hall–Kier alpha value is -2.09. The molecular formula is C15H9Cl2NO5S. The lowest BCUT2D eigenvalue weighted by Gasteiger charge is -2.15. The van der Waals surface area contributed by atoms with E-state index in [1.807, 2.05) is 0 Å². The van der Waals surface area contributed by atoms with Crippen LogP contribution >= 0.6 is 23.2 Å². The van der Waals surface area contributed by atoms with Gasteiger partial charge in [0.15, 0.2) is 6.73 Å². The van der Waals surface area contributed by atoms with Gasteiger partial charge in [-0.3, -0.25) is 4.79 Å². The van der Waals surface area contributed by atoms with Crippen molar-refractivity contribution in [3.05, 3.63) is 63.6 Å². The van der Waals surface area contributed by atoms with Gasteiger partial charge in [0, 0.05) is 5.02 Å². The van der Waals surface area contributed by atoms with Gasteiger partial charge in [0.25, 0.3) is 15.9 Å². The number of hydrogen-bond acceptors (Lipinski definition) is 5. The van der Waals surface area contributed by atoms with Gasteiger partial charge in [-0.25, -0.2) is 13.2 Å². The zero-order valence-electron chi connectivity index (χ0n) is 11.9. The van der Waals surface area contributed by atoms with E-state index in [4.69, 9.17) is 27.9 Å². The molecule has 124 valence electrons. The van der Waals surface area contributed by atoms with Crippen molar-refractivity contribution in [2.75, 3.05) is 6.73 Å². The number of ether oxygens (including phenoxy) is 1. The van der Waals surface area contributed by atoms with E-state index in [9.17, 15) is 18.0 Å². The summed E-state index contributed by atoms with van der Waals surface area (Å²) in [7, 11) is -4.04. The van der Waals surface area contributed by atoms with Crippen LogP contribution in [0.5, 0.6) is 0 Å². The van der Waals surface area contributed by atoms with Crippen molar-refractivity contribution in [3.63, 3.8) is 0 Å². The van der Waals surface area contributed by atoms with Gasteiger partial charge >= 0.3 is 5.97 Å². The fourth-order valence-electron chi connectivity index (χ4n) is 2.21. The molecule has 0 saturated heterocycles. The molecule has 0 unspecified atom stereocenters. The summed E-state index contributed by atoms with van der Waals surface area (Å²) in [5, 5.41) is 0.399. The number of amides is 1. The first-order valence-electron chi connectivity index (χ1n) is 6.60. The first-order chi connectivity index (χ1) is 11.3. The Bertz CT molecular complexity index is 958. The molecule has 0 fully saturated rings. The third kappa shape index (κ3) is 2.75. The van der Waals surface area contributed by atoms with E-state index in [2.05, 4.69) is 0 Å². The second-order valence-corrected chi connectivity index (χ2v) is 7.51. The second-order valence-electron chi connectivity index (χ2n) is 4.84. The molecule has 9 heteroatoms. The van der Waals surface area contributed by atoms with Gasteiger partial charge in [-0.15, -0.1) is 0 Å². The normalized spacial score (nSPS) is 15.2. The van der Waals surface area contributed by atoms with Gasteiger partial charge < -0.3 is 4.74 Å². The molecule has 1 amide bonds. The molecule has 0 radical (unpaired) electrons. The number of esters is 1. The van der Waals surface area contributed by atoms with Gasteiger partial charge in [0.05, 0.1) is 16.1 Å². The Morgan fingerprint density at radius 1 is 1.12 bits per heavy atom. The van der Waals surface area contributed by atoms with E-state index in [0.717, 1.165) is 0 Å². The van der Waals surface area contributed by atoms with E-state index in [-0.39, 0.29) is 21.0 Å². The molecule has 3 rings (SSSR count). The van der Waals surface area contributed by atoms with E-state index in [1.54, 1.807) is 6.07 Å². The molecule has 0 atom stereocenters. The van der Waals surface area contributed by atoms with Crippen molar-refractivity contribution < 1.29 is 22.7 Å².